The van der Waals surface area contributed by atoms with Crippen LogP contribution in [0.4, 0.5) is 0 Å². The average molecular weight is 288 g/mol. The first kappa shape index (κ1) is 14.1. The van der Waals surface area contributed by atoms with Crippen LogP contribution in [0.2, 0.25) is 0 Å². The quantitative estimate of drug-likeness (QED) is 0.930. The molecule has 0 amide bonds. The highest BCUT2D eigenvalue weighted by molar-refractivity contribution is 7.19. The van der Waals surface area contributed by atoms with Crippen LogP contribution in [0.25, 0.3) is 10.1 Å². The summed E-state index contributed by atoms with van der Waals surface area (Å²) in [7, 11) is 0. The van der Waals surface area contributed by atoms with Crippen molar-refractivity contribution in [3.63, 3.8) is 0 Å². The predicted octanol–water partition coefficient (Wildman–Crippen LogP) is 3.84. The average Bonchev–Trinajstić information content (AvgIpc) is 2.76. The molecule has 2 atom stereocenters. The van der Waals surface area contributed by atoms with Crippen LogP contribution < -0.4 is 5.73 Å². The van der Waals surface area contributed by atoms with Crippen molar-refractivity contribution in [1.29, 1.82) is 0 Å². The lowest BCUT2D eigenvalue weighted by Gasteiger charge is -2.35. The van der Waals surface area contributed by atoms with E-state index in [1.165, 1.54) is 40.0 Å². The minimum absolute atomic E-state index is 0.660. The first-order valence-corrected chi connectivity index (χ1v) is 8.40. The number of piperidine rings is 1. The molecule has 3 heteroatoms. The number of likely N-dealkylation sites (tertiary alicyclic amines) is 1. The van der Waals surface area contributed by atoms with Crippen LogP contribution in [0, 0.1) is 11.8 Å². The van der Waals surface area contributed by atoms with E-state index in [1.54, 1.807) is 0 Å². The smallest absolute Gasteiger partial charge is 0.0349 e. The van der Waals surface area contributed by atoms with E-state index in [4.69, 9.17) is 5.73 Å². The summed E-state index contributed by atoms with van der Waals surface area (Å²) in [4.78, 5) is 3.98. The Morgan fingerprint density at radius 2 is 1.90 bits per heavy atom. The fourth-order valence-corrected chi connectivity index (χ4v) is 4.73. The van der Waals surface area contributed by atoms with Gasteiger partial charge in [0.05, 0.1) is 0 Å². The Morgan fingerprint density at radius 3 is 2.60 bits per heavy atom. The van der Waals surface area contributed by atoms with Gasteiger partial charge in [-0.3, -0.25) is 4.90 Å². The van der Waals surface area contributed by atoms with Gasteiger partial charge in [0.1, 0.15) is 0 Å². The summed E-state index contributed by atoms with van der Waals surface area (Å²) in [6.45, 7) is 8.91. The van der Waals surface area contributed by atoms with Gasteiger partial charge in [-0.2, -0.15) is 0 Å². The van der Waals surface area contributed by atoms with Gasteiger partial charge in [0.25, 0.3) is 0 Å². The molecule has 2 N–H and O–H groups in total. The summed E-state index contributed by atoms with van der Waals surface area (Å²) in [6.07, 6.45) is 1.37. The van der Waals surface area contributed by atoms with E-state index in [0.717, 1.165) is 18.4 Å². The summed E-state index contributed by atoms with van der Waals surface area (Å²) >= 11 is 1.86. The third-order valence-electron chi connectivity index (χ3n) is 4.29. The highest BCUT2D eigenvalue weighted by Gasteiger charge is 2.23. The molecule has 2 unspecified atom stereocenters. The molecule has 0 spiro atoms. The van der Waals surface area contributed by atoms with Crippen molar-refractivity contribution in [3.8, 4) is 0 Å². The number of fused-ring (bicyclic) bond motifs is 1. The Hall–Kier alpha value is -0.900. The first-order valence-electron chi connectivity index (χ1n) is 7.59. The molecule has 1 saturated heterocycles. The largest absolute Gasteiger partial charge is 0.326 e. The highest BCUT2D eigenvalue weighted by atomic mass is 32.1. The van der Waals surface area contributed by atoms with Gasteiger partial charge in [-0.15, -0.1) is 11.3 Å². The Labute approximate surface area is 125 Å². The lowest BCUT2D eigenvalue weighted by Crippen LogP contribution is -2.38. The number of hydrogen-bond acceptors (Lipinski definition) is 3. The fraction of sp³-hybridized carbons (Fsp3) is 0.529. The van der Waals surface area contributed by atoms with Crippen molar-refractivity contribution >= 4 is 21.4 Å². The number of thiophene rings is 1. The first-order chi connectivity index (χ1) is 9.67. The molecule has 1 aliphatic rings. The molecule has 3 rings (SSSR count). The van der Waals surface area contributed by atoms with Gasteiger partial charge in [-0.1, -0.05) is 32.0 Å². The van der Waals surface area contributed by atoms with E-state index in [-0.39, 0.29) is 0 Å². The zero-order valence-corrected chi connectivity index (χ0v) is 13.2. The van der Waals surface area contributed by atoms with Gasteiger partial charge in [-0.25, -0.2) is 0 Å². The summed E-state index contributed by atoms with van der Waals surface area (Å²) < 4.78 is 1.38. The van der Waals surface area contributed by atoms with Gasteiger partial charge in [0, 0.05) is 35.8 Å². The fourth-order valence-electron chi connectivity index (χ4n) is 3.63. The Balaban J connectivity index is 1.89. The summed E-state index contributed by atoms with van der Waals surface area (Å²) in [5.74, 6) is 1.62. The van der Waals surface area contributed by atoms with E-state index in [1.807, 2.05) is 11.3 Å². The van der Waals surface area contributed by atoms with Crippen LogP contribution in [0.3, 0.4) is 0 Å². The standard InChI is InChI=1S/C17H24N2S/c1-12-7-13(2)10-19(9-12)11-15-14-5-3-4-6-16(14)20-17(15)8-18/h3-6,12-13H,7-11,18H2,1-2H3. The van der Waals surface area contributed by atoms with Gasteiger partial charge < -0.3 is 5.73 Å². The van der Waals surface area contributed by atoms with E-state index in [2.05, 4.69) is 43.0 Å². The highest BCUT2D eigenvalue weighted by Crippen LogP contribution is 2.33. The normalized spacial score (nSPS) is 24.4. The van der Waals surface area contributed by atoms with Crippen molar-refractivity contribution in [2.45, 2.75) is 33.4 Å². The van der Waals surface area contributed by atoms with Crippen molar-refractivity contribution < 1.29 is 0 Å². The zero-order valence-electron chi connectivity index (χ0n) is 12.4. The summed E-state index contributed by atoms with van der Waals surface area (Å²) in [5, 5.41) is 1.41. The molecule has 0 radical (unpaired) electrons. The Bertz CT molecular complexity index is 580. The molecule has 2 heterocycles. The molecule has 0 aliphatic carbocycles. The molecule has 20 heavy (non-hydrogen) atoms. The Morgan fingerprint density at radius 1 is 1.20 bits per heavy atom. The van der Waals surface area contributed by atoms with Crippen LogP contribution >= 0.6 is 11.3 Å². The van der Waals surface area contributed by atoms with Crippen LogP contribution in [0.5, 0.6) is 0 Å². The maximum absolute atomic E-state index is 5.97. The molecule has 1 fully saturated rings. The summed E-state index contributed by atoms with van der Waals surface area (Å²) in [5.41, 5.74) is 7.43. The van der Waals surface area contributed by atoms with Crippen LogP contribution in [0.1, 0.15) is 30.7 Å². The molecule has 2 nitrogen and oxygen atoms in total. The second-order valence-electron chi connectivity index (χ2n) is 6.34. The number of benzene rings is 1. The van der Waals surface area contributed by atoms with Crippen molar-refractivity contribution in [2.75, 3.05) is 13.1 Å². The second-order valence-corrected chi connectivity index (χ2v) is 7.48. The van der Waals surface area contributed by atoms with Gasteiger partial charge in [0.15, 0.2) is 0 Å². The molecular formula is C17H24N2S. The van der Waals surface area contributed by atoms with E-state index >= 15 is 0 Å². The molecule has 1 aromatic carbocycles. The summed E-state index contributed by atoms with van der Waals surface area (Å²) in [6, 6.07) is 8.72. The third kappa shape index (κ3) is 2.76. The minimum Gasteiger partial charge on any atom is -0.326 e. The second kappa shape index (κ2) is 5.84. The molecule has 2 aromatic rings. The molecule has 0 saturated carbocycles. The minimum atomic E-state index is 0.660. The lowest BCUT2D eigenvalue weighted by molar-refractivity contribution is 0.134. The van der Waals surface area contributed by atoms with Crippen molar-refractivity contribution in [3.05, 3.63) is 34.7 Å². The lowest BCUT2D eigenvalue weighted by atomic mass is 9.91. The van der Waals surface area contributed by atoms with Gasteiger partial charge in [0.2, 0.25) is 0 Å². The van der Waals surface area contributed by atoms with Crippen LogP contribution in [0.15, 0.2) is 24.3 Å². The SMILES string of the molecule is CC1CC(C)CN(Cc2c(CN)sc3ccccc23)C1. The molecule has 1 aromatic heterocycles. The maximum Gasteiger partial charge on any atom is 0.0349 e. The van der Waals surface area contributed by atoms with Crippen molar-refractivity contribution in [1.82, 2.24) is 4.90 Å². The monoisotopic (exact) mass is 288 g/mol. The van der Waals surface area contributed by atoms with Crippen molar-refractivity contribution in [2.24, 2.45) is 17.6 Å². The molecule has 0 bridgehead atoms. The third-order valence-corrected chi connectivity index (χ3v) is 5.53. The van der Waals surface area contributed by atoms with Gasteiger partial charge in [-0.05, 0) is 35.3 Å². The number of hydrogen-bond donors (Lipinski definition) is 1. The molecule has 108 valence electrons. The number of rotatable bonds is 3. The number of nitrogens with zero attached hydrogens (tertiary/aromatic N) is 1. The van der Waals surface area contributed by atoms with Crippen LogP contribution in [-0.4, -0.2) is 18.0 Å². The Kier molecular flexibility index (Phi) is 4.11. The topological polar surface area (TPSA) is 29.3 Å². The van der Waals surface area contributed by atoms with E-state index < -0.39 is 0 Å². The molecule has 1 aliphatic heterocycles. The van der Waals surface area contributed by atoms with Crippen LogP contribution in [-0.2, 0) is 13.1 Å². The predicted molar refractivity (Wildman–Crippen MR) is 87.9 cm³/mol. The number of nitrogens with two attached hydrogens (primary N) is 1. The molecular weight excluding hydrogens is 264 g/mol. The van der Waals surface area contributed by atoms with E-state index in [9.17, 15) is 0 Å². The van der Waals surface area contributed by atoms with E-state index in [0.29, 0.717) is 6.54 Å². The zero-order chi connectivity index (χ0) is 14.1. The van der Waals surface area contributed by atoms with Gasteiger partial charge >= 0.3 is 0 Å². The maximum atomic E-state index is 5.97.